The minimum atomic E-state index is -1.44. The highest BCUT2D eigenvalue weighted by atomic mass is 16.2. The highest BCUT2D eigenvalue weighted by molar-refractivity contribution is 6.29. The van der Waals surface area contributed by atoms with Crippen molar-refractivity contribution < 1.29 is 19.2 Å². The first-order valence-corrected chi connectivity index (χ1v) is 12.7. The molecular weight excluding hydrogens is 504 g/mol. The SMILES string of the molecule is C=C(C1C(=O)N(c2ccccc2)N(c2ccccc2)C1=O)C1C(=O)N(c2ccccc2)N(c2ccccc2)C1=O. The monoisotopic (exact) mass is 528 g/mol. The maximum atomic E-state index is 14.0. The lowest BCUT2D eigenvalue weighted by atomic mass is 9.87. The van der Waals surface area contributed by atoms with Crippen molar-refractivity contribution in [1.82, 2.24) is 0 Å². The van der Waals surface area contributed by atoms with E-state index in [9.17, 15) is 19.2 Å². The number of hydrazine groups is 2. The minimum absolute atomic E-state index is 0.0660. The molecule has 196 valence electrons. The molecule has 0 aromatic heterocycles. The summed E-state index contributed by atoms with van der Waals surface area (Å²) in [6, 6.07) is 35.0. The van der Waals surface area contributed by atoms with Gasteiger partial charge < -0.3 is 0 Å². The first-order chi connectivity index (χ1) is 19.5. The molecule has 0 saturated carbocycles. The Labute approximate surface area is 230 Å². The fourth-order valence-corrected chi connectivity index (χ4v) is 5.14. The molecule has 8 nitrogen and oxygen atoms in total. The highest BCUT2D eigenvalue weighted by Crippen LogP contribution is 2.41. The second-order valence-corrected chi connectivity index (χ2v) is 9.38. The largest absolute Gasteiger partial charge is 0.271 e. The second kappa shape index (κ2) is 9.99. The van der Waals surface area contributed by atoms with Gasteiger partial charge in [0.2, 0.25) is 0 Å². The van der Waals surface area contributed by atoms with Crippen molar-refractivity contribution in [3.05, 3.63) is 133 Å². The quantitative estimate of drug-likeness (QED) is 0.267. The molecule has 40 heavy (non-hydrogen) atoms. The van der Waals surface area contributed by atoms with Crippen molar-refractivity contribution in [1.29, 1.82) is 0 Å². The van der Waals surface area contributed by atoms with Gasteiger partial charge in [0.1, 0.15) is 11.8 Å². The van der Waals surface area contributed by atoms with Crippen LogP contribution >= 0.6 is 0 Å². The Bertz CT molecular complexity index is 1370. The molecule has 0 radical (unpaired) electrons. The third-order valence-electron chi connectivity index (χ3n) is 6.97. The molecule has 2 aliphatic rings. The van der Waals surface area contributed by atoms with E-state index in [1.54, 1.807) is 121 Å². The van der Waals surface area contributed by atoms with E-state index in [0.29, 0.717) is 22.7 Å². The summed E-state index contributed by atoms with van der Waals surface area (Å²) in [7, 11) is 0. The summed E-state index contributed by atoms with van der Waals surface area (Å²) >= 11 is 0. The van der Waals surface area contributed by atoms with Crippen LogP contribution in [0.15, 0.2) is 133 Å². The van der Waals surface area contributed by atoms with Crippen LogP contribution in [0.2, 0.25) is 0 Å². The lowest BCUT2D eigenvalue weighted by Gasteiger charge is -2.27. The summed E-state index contributed by atoms with van der Waals surface area (Å²) in [6.45, 7) is 4.04. The van der Waals surface area contributed by atoms with Crippen molar-refractivity contribution in [2.45, 2.75) is 0 Å². The normalized spacial score (nSPS) is 16.4. The number of para-hydroxylation sites is 4. The first kappa shape index (κ1) is 24.8. The third-order valence-corrected chi connectivity index (χ3v) is 6.97. The molecule has 2 heterocycles. The van der Waals surface area contributed by atoms with Gasteiger partial charge in [0.05, 0.1) is 22.7 Å². The molecule has 0 spiro atoms. The van der Waals surface area contributed by atoms with Crippen LogP contribution in [0, 0.1) is 11.8 Å². The Morgan fingerprint density at radius 2 is 0.600 bits per heavy atom. The fourth-order valence-electron chi connectivity index (χ4n) is 5.14. The summed E-state index contributed by atoms with van der Waals surface area (Å²) in [5, 5.41) is 5.12. The number of anilines is 4. The van der Waals surface area contributed by atoms with Gasteiger partial charge in [-0.15, -0.1) is 0 Å². The number of amides is 4. The van der Waals surface area contributed by atoms with Crippen molar-refractivity contribution >= 4 is 46.4 Å². The van der Waals surface area contributed by atoms with Crippen molar-refractivity contribution in [2.75, 3.05) is 20.0 Å². The van der Waals surface area contributed by atoms with Crippen LogP contribution in [0.1, 0.15) is 0 Å². The summed E-state index contributed by atoms with van der Waals surface area (Å²) in [5.74, 6) is -5.23. The van der Waals surface area contributed by atoms with E-state index < -0.39 is 35.5 Å². The van der Waals surface area contributed by atoms with Gasteiger partial charge in [-0.1, -0.05) is 79.4 Å². The van der Waals surface area contributed by atoms with E-state index in [1.807, 2.05) is 0 Å². The molecule has 0 N–H and O–H groups in total. The molecule has 0 atom stereocenters. The van der Waals surface area contributed by atoms with Gasteiger partial charge >= 0.3 is 0 Å². The third kappa shape index (κ3) is 3.94. The summed E-state index contributed by atoms with van der Waals surface area (Å²) < 4.78 is 0. The zero-order chi connectivity index (χ0) is 27.8. The van der Waals surface area contributed by atoms with E-state index in [1.165, 1.54) is 20.0 Å². The van der Waals surface area contributed by atoms with Crippen LogP contribution in [0.4, 0.5) is 22.7 Å². The molecule has 0 bridgehead atoms. The Morgan fingerprint density at radius 1 is 0.400 bits per heavy atom. The molecule has 4 aromatic rings. The summed E-state index contributed by atoms with van der Waals surface area (Å²) in [6.07, 6.45) is 0. The summed E-state index contributed by atoms with van der Waals surface area (Å²) in [4.78, 5) is 55.9. The Morgan fingerprint density at radius 3 is 0.800 bits per heavy atom. The molecule has 2 saturated heterocycles. The van der Waals surface area contributed by atoms with Crippen LogP contribution in [-0.4, -0.2) is 23.6 Å². The van der Waals surface area contributed by atoms with Crippen LogP contribution in [-0.2, 0) is 19.2 Å². The average molecular weight is 529 g/mol. The van der Waals surface area contributed by atoms with Gasteiger partial charge in [-0.05, 0) is 54.1 Å². The maximum absolute atomic E-state index is 14.0. The van der Waals surface area contributed by atoms with Gasteiger partial charge in [-0.2, -0.15) is 0 Å². The topological polar surface area (TPSA) is 81.2 Å². The van der Waals surface area contributed by atoms with Crippen LogP contribution in [0.5, 0.6) is 0 Å². The van der Waals surface area contributed by atoms with Gasteiger partial charge in [0, 0.05) is 0 Å². The zero-order valence-electron chi connectivity index (χ0n) is 21.3. The van der Waals surface area contributed by atoms with Gasteiger partial charge in [-0.3, -0.25) is 19.2 Å². The lowest BCUT2D eigenvalue weighted by Crippen LogP contribution is -2.41. The highest BCUT2D eigenvalue weighted by Gasteiger charge is 2.56. The summed E-state index contributed by atoms with van der Waals surface area (Å²) in [5.41, 5.74) is 1.83. The number of hydrogen-bond acceptors (Lipinski definition) is 4. The van der Waals surface area contributed by atoms with Crippen LogP contribution in [0.3, 0.4) is 0 Å². The fraction of sp³-hybridized carbons (Fsp3) is 0.0625. The maximum Gasteiger partial charge on any atom is 0.263 e. The lowest BCUT2D eigenvalue weighted by molar-refractivity contribution is -0.127. The Hall–Kier alpha value is -5.50. The molecule has 8 heteroatoms. The zero-order valence-corrected chi connectivity index (χ0v) is 21.3. The van der Waals surface area contributed by atoms with Crippen molar-refractivity contribution in [3.8, 4) is 0 Å². The molecule has 2 fully saturated rings. The molecule has 2 aliphatic heterocycles. The number of nitrogens with zero attached hydrogens (tertiary/aromatic N) is 4. The molecule has 0 unspecified atom stereocenters. The second-order valence-electron chi connectivity index (χ2n) is 9.38. The number of rotatable bonds is 6. The molecule has 4 amide bonds. The van der Waals surface area contributed by atoms with Gasteiger partial charge in [0.25, 0.3) is 23.6 Å². The van der Waals surface area contributed by atoms with E-state index >= 15 is 0 Å². The number of benzene rings is 4. The van der Waals surface area contributed by atoms with Crippen molar-refractivity contribution in [2.24, 2.45) is 11.8 Å². The predicted octanol–water partition coefficient (Wildman–Crippen LogP) is 4.77. The van der Waals surface area contributed by atoms with E-state index in [4.69, 9.17) is 0 Å². The molecule has 0 aliphatic carbocycles. The predicted molar refractivity (Wildman–Crippen MR) is 152 cm³/mol. The van der Waals surface area contributed by atoms with Crippen LogP contribution < -0.4 is 20.0 Å². The first-order valence-electron chi connectivity index (χ1n) is 12.7. The van der Waals surface area contributed by atoms with E-state index in [2.05, 4.69) is 6.58 Å². The van der Waals surface area contributed by atoms with E-state index in [0.717, 1.165) is 0 Å². The minimum Gasteiger partial charge on any atom is -0.271 e. The smallest absolute Gasteiger partial charge is 0.263 e. The molecule has 6 rings (SSSR count). The average Bonchev–Trinajstić information content (AvgIpc) is 3.42. The van der Waals surface area contributed by atoms with Gasteiger partial charge in [0.15, 0.2) is 0 Å². The van der Waals surface area contributed by atoms with Crippen LogP contribution in [0.25, 0.3) is 0 Å². The number of hydrogen-bond donors (Lipinski definition) is 0. The standard InChI is InChI=1S/C32H24N4O4/c1-22(27-29(37)33(23-14-6-2-7-15-23)34(30(27)38)24-16-8-3-9-17-24)28-31(39)35(25-18-10-4-11-19-25)36(32(28)40)26-20-12-5-13-21-26/h2-21,27-28H,1H2. The molecule has 4 aromatic carbocycles. The number of carbonyl (C=O) groups is 4. The van der Waals surface area contributed by atoms with E-state index in [-0.39, 0.29) is 5.57 Å². The number of carbonyl (C=O) groups excluding carboxylic acids is 4. The Kier molecular flexibility index (Phi) is 6.20. The van der Waals surface area contributed by atoms with Gasteiger partial charge in [-0.25, -0.2) is 20.0 Å². The van der Waals surface area contributed by atoms with Crippen molar-refractivity contribution in [3.63, 3.8) is 0 Å². The Balaban J connectivity index is 1.42. The molecular formula is C32H24N4O4.